The highest BCUT2D eigenvalue weighted by atomic mass is 19.1. The van der Waals surface area contributed by atoms with Gasteiger partial charge in [0.25, 0.3) is 0 Å². The summed E-state index contributed by atoms with van der Waals surface area (Å²) in [7, 11) is 2.00. The van der Waals surface area contributed by atoms with Gasteiger partial charge >= 0.3 is 0 Å². The molecule has 1 fully saturated rings. The summed E-state index contributed by atoms with van der Waals surface area (Å²) >= 11 is 0. The normalized spacial score (nSPS) is 19.9. The molecule has 0 saturated carbocycles. The third-order valence-corrected chi connectivity index (χ3v) is 4.79. The molecule has 1 saturated heterocycles. The highest BCUT2D eigenvalue weighted by Crippen LogP contribution is 2.32. The highest BCUT2D eigenvalue weighted by molar-refractivity contribution is 5.31. The molecule has 1 N–H and O–H groups in total. The topological polar surface area (TPSA) is 56.9 Å². The molecule has 1 aromatic carbocycles. The molecule has 0 amide bonds. The molecule has 6 nitrogen and oxygen atoms in total. The van der Waals surface area contributed by atoms with Crippen molar-refractivity contribution >= 4 is 0 Å². The van der Waals surface area contributed by atoms with E-state index in [1.165, 1.54) is 12.1 Å². The number of halogens is 1. The molecule has 0 spiro atoms. The Labute approximate surface area is 151 Å². The van der Waals surface area contributed by atoms with E-state index in [1.54, 1.807) is 16.8 Å². The van der Waals surface area contributed by atoms with Crippen molar-refractivity contribution in [2.75, 3.05) is 13.2 Å². The van der Waals surface area contributed by atoms with E-state index in [2.05, 4.69) is 15.4 Å². The molecule has 3 heterocycles. The number of hydrogen-bond donors (Lipinski definition) is 1. The van der Waals surface area contributed by atoms with Crippen molar-refractivity contribution in [3.63, 3.8) is 0 Å². The Morgan fingerprint density at radius 1 is 1.31 bits per heavy atom. The van der Waals surface area contributed by atoms with Crippen LogP contribution >= 0.6 is 0 Å². The van der Waals surface area contributed by atoms with Crippen LogP contribution in [0.4, 0.5) is 4.39 Å². The maximum Gasteiger partial charge on any atom is 0.137 e. The van der Waals surface area contributed by atoms with Crippen LogP contribution in [0.3, 0.4) is 0 Å². The average Bonchev–Trinajstić information content (AvgIpc) is 3.37. The van der Waals surface area contributed by atoms with Crippen molar-refractivity contribution < 1.29 is 9.13 Å². The predicted molar refractivity (Wildman–Crippen MR) is 95.2 cm³/mol. The number of hydrogen-bond acceptors (Lipinski definition) is 4. The van der Waals surface area contributed by atoms with E-state index < -0.39 is 0 Å². The van der Waals surface area contributed by atoms with Gasteiger partial charge in [0.2, 0.25) is 0 Å². The lowest BCUT2D eigenvalue weighted by molar-refractivity contribution is 0.0811. The predicted octanol–water partition coefficient (Wildman–Crippen LogP) is 2.61. The van der Waals surface area contributed by atoms with Crippen molar-refractivity contribution in [3.05, 3.63) is 66.3 Å². The third-order valence-electron chi connectivity index (χ3n) is 4.79. The summed E-state index contributed by atoms with van der Waals surface area (Å²) in [5, 5.41) is 7.85. The van der Waals surface area contributed by atoms with Gasteiger partial charge in [0.1, 0.15) is 17.7 Å². The van der Waals surface area contributed by atoms with Gasteiger partial charge in [0.05, 0.1) is 11.9 Å². The zero-order valence-corrected chi connectivity index (χ0v) is 14.7. The van der Waals surface area contributed by atoms with Crippen LogP contribution in [-0.2, 0) is 18.3 Å². The standard InChI is InChI=1S/C19H22FN5O/c1-24-8-7-22-19(24)18-15(6-9-26-18)12-21-10-14-11-23-25(13-14)17-4-2-16(20)3-5-17/h2-5,7-8,11,13,15,18,21H,6,9-10,12H2,1H3/t15-,18+/m0/s1. The average molecular weight is 355 g/mol. The Morgan fingerprint density at radius 3 is 2.92 bits per heavy atom. The van der Waals surface area contributed by atoms with E-state index in [0.717, 1.165) is 43.2 Å². The van der Waals surface area contributed by atoms with Gasteiger partial charge in [-0.3, -0.25) is 0 Å². The Hall–Kier alpha value is -2.51. The Bertz CT molecular complexity index is 857. The molecule has 1 aliphatic rings. The van der Waals surface area contributed by atoms with Gasteiger partial charge in [0, 0.05) is 56.8 Å². The Balaban J connectivity index is 1.33. The van der Waals surface area contributed by atoms with Crippen LogP contribution in [-0.4, -0.2) is 32.5 Å². The summed E-state index contributed by atoms with van der Waals surface area (Å²) in [6.07, 6.45) is 8.62. The minimum Gasteiger partial charge on any atom is -0.370 e. The molecular formula is C19H22FN5O. The lowest BCUT2D eigenvalue weighted by Gasteiger charge is -2.18. The number of nitrogens with one attached hydrogen (secondary N) is 1. The van der Waals surface area contributed by atoms with Gasteiger partial charge in [-0.2, -0.15) is 5.10 Å². The van der Waals surface area contributed by atoms with Gasteiger partial charge in [0.15, 0.2) is 0 Å². The summed E-state index contributed by atoms with van der Waals surface area (Å²) in [6, 6.07) is 6.30. The smallest absolute Gasteiger partial charge is 0.137 e. The SMILES string of the molecule is Cn1ccnc1[C@@H]1OCC[C@H]1CNCc1cnn(-c2ccc(F)cc2)c1. The van der Waals surface area contributed by atoms with Gasteiger partial charge < -0.3 is 14.6 Å². The van der Waals surface area contributed by atoms with E-state index in [1.807, 2.05) is 36.4 Å². The fraction of sp³-hybridized carbons (Fsp3) is 0.368. The molecule has 7 heteroatoms. The molecule has 26 heavy (non-hydrogen) atoms. The van der Waals surface area contributed by atoms with E-state index in [9.17, 15) is 4.39 Å². The number of ether oxygens (including phenoxy) is 1. The molecule has 1 aliphatic heterocycles. The molecule has 3 aromatic rings. The van der Waals surface area contributed by atoms with Crippen molar-refractivity contribution in [2.24, 2.45) is 13.0 Å². The van der Waals surface area contributed by atoms with Gasteiger partial charge in [-0.1, -0.05) is 0 Å². The van der Waals surface area contributed by atoms with Gasteiger partial charge in [-0.25, -0.2) is 14.1 Å². The number of benzene rings is 1. The van der Waals surface area contributed by atoms with Gasteiger partial charge in [-0.05, 0) is 30.7 Å². The summed E-state index contributed by atoms with van der Waals surface area (Å²) in [4.78, 5) is 4.43. The lowest BCUT2D eigenvalue weighted by atomic mass is 10.0. The Morgan fingerprint density at radius 2 is 2.15 bits per heavy atom. The molecule has 2 aromatic heterocycles. The number of nitrogens with zero attached hydrogens (tertiary/aromatic N) is 4. The molecule has 0 bridgehead atoms. The molecule has 0 aliphatic carbocycles. The van der Waals surface area contributed by atoms with Crippen LogP contribution in [0.25, 0.3) is 5.69 Å². The second kappa shape index (κ2) is 7.39. The fourth-order valence-electron chi connectivity index (χ4n) is 3.37. The Kier molecular flexibility index (Phi) is 4.81. The van der Waals surface area contributed by atoms with E-state index in [0.29, 0.717) is 5.92 Å². The highest BCUT2D eigenvalue weighted by Gasteiger charge is 2.31. The second-order valence-electron chi connectivity index (χ2n) is 6.64. The third kappa shape index (κ3) is 3.54. The van der Waals surface area contributed by atoms with E-state index in [-0.39, 0.29) is 11.9 Å². The van der Waals surface area contributed by atoms with Gasteiger partial charge in [-0.15, -0.1) is 0 Å². The van der Waals surface area contributed by atoms with Crippen LogP contribution in [0.15, 0.2) is 49.1 Å². The number of aryl methyl sites for hydroxylation is 1. The molecule has 0 unspecified atom stereocenters. The first-order valence-corrected chi connectivity index (χ1v) is 8.80. The maximum absolute atomic E-state index is 13.0. The molecule has 0 radical (unpaired) electrons. The summed E-state index contributed by atoms with van der Waals surface area (Å²) < 4.78 is 22.7. The molecule has 4 rings (SSSR count). The first-order valence-electron chi connectivity index (χ1n) is 8.80. The number of rotatable bonds is 6. The molecule has 136 valence electrons. The van der Waals surface area contributed by atoms with Crippen LogP contribution in [0.2, 0.25) is 0 Å². The van der Waals surface area contributed by atoms with E-state index >= 15 is 0 Å². The first kappa shape index (κ1) is 16.9. The van der Waals surface area contributed by atoms with Crippen molar-refractivity contribution in [3.8, 4) is 5.69 Å². The van der Waals surface area contributed by atoms with Crippen molar-refractivity contribution in [2.45, 2.75) is 19.1 Å². The largest absolute Gasteiger partial charge is 0.370 e. The summed E-state index contributed by atoms with van der Waals surface area (Å²) in [6.45, 7) is 2.36. The first-order chi connectivity index (χ1) is 12.7. The van der Waals surface area contributed by atoms with Crippen molar-refractivity contribution in [1.82, 2.24) is 24.6 Å². The summed E-state index contributed by atoms with van der Waals surface area (Å²) in [5.41, 5.74) is 1.93. The number of imidazole rings is 1. The minimum absolute atomic E-state index is 0.0458. The van der Waals surface area contributed by atoms with Crippen molar-refractivity contribution in [1.29, 1.82) is 0 Å². The lowest BCUT2D eigenvalue weighted by Crippen LogP contribution is -2.25. The van der Waals surface area contributed by atoms with Crippen LogP contribution in [0.1, 0.15) is 23.9 Å². The minimum atomic E-state index is -0.246. The monoisotopic (exact) mass is 355 g/mol. The van der Waals surface area contributed by atoms with E-state index in [4.69, 9.17) is 4.74 Å². The van der Waals surface area contributed by atoms with Crippen LogP contribution in [0.5, 0.6) is 0 Å². The second-order valence-corrected chi connectivity index (χ2v) is 6.64. The maximum atomic E-state index is 13.0. The molecular weight excluding hydrogens is 333 g/mol. The summed E-state index contributed by atoms with van der Waals surface area (Å²) in [5.74, 6) is 1.14. The quantitative estimate of drug-likeness (QED) is 0.738. The fourth-order valence-corrected chi connectivity index (χ4v) is 3.37. The van der Waals surface area contributed by atoms with Crippen LogP contribution in [0, 0.1) is 11.7 Å². The molecule has 2 atom stereocenters. The number of aromatic nitrogens is 4. The zero-order chi connectivity index (χ0) is 17.9. The van der Waals surface area contributed by atoms with Crippen LogP contribution < -0.4 is 5.32 Å². The zero-order valence-electron chi connectivity index (χ0n) is 14.7.